The molecule has 0 amide bonds. The van der Waals surface area contributed by atoms with Gasteiger partial charge in [-0.2, -0.15) is 0 Å². The molecular formula is C26H24N2. The zero-order chi connectivity index (χ0) is 18.7. The van der Waals surface area contributed by atoms with Gasteiger partial charge in [-0.15, -0.1) is 0 Å². The normalized spacial score (nSPS) is 22.1. The summed E-state index contributed by atoms with van der Waals surface area (Å²) >= 11 is 0. The number of likely N-dealkylation sites (N-methyl/N-ethyl adjacent to an activating group) is 1. The minimum atomic E-state index is 0.630. The van der Waals surface area contributed by atoms with Crippen LogP contribution < -0.4 is 0 Å². The van der Waals surface area contributed by atoms with Gasteiger partial charge < -0.3 is 4.57 Å². The molecule has 2 bridgehead atoms. The molecule has 0 aliphatic carbocycles. The molecule has 0 N–H and O–H groups in total. The first-order chi connectivity index (χ1) is 13.8. The standard InChI is InChI=1S/C26H24N2/c1-27-21-14-15-22(27)17-19(16-21)18-10-12-20(13-11-18)28-25-8-4-2-6-23(25)24-7-3-5-9-26(24)28/h2-13,16,21-22H,14-15,17H2,1H3. The highest BCUT2D eigenvalue weighted by atomic mass is 15.2. The molecule has 6 rings (SSSR count). The van der Waals surface area contributed by atoms with Crippen LogP contribution in [0.3, 0.4) is 0 Å². The van der Waals surface area contributed by atoms with E-state index in [1.807, 2.05) is 0 Å². The fraction of sp³-hybridized carbons (Fsp3) is 0.231. The Balaban J connectivity index is 1.46. The highest BCUT2D eigenvalue weighted by Crippen LogP contribution is 2.38. The monoisotopic (exact) mass is 364 g/mol. The molecule has 2 atom stereocenters. The second-order valence-corrected chi connectivity index (χ2v) is 8.28. The number of rotatable bonds is 2. The molecule has 0 radical (unpaired) electrons. The summed E-state index contributed by atoms with van der Waals surface area (Å²) in [4.78, 5) is 2.55. The summed E-state index contributed by atoms with van der Waals surface area (Å²) in [5, 5.41) is 2.63. The Morgan fingerprint density at radius 3 is 2.04 bits per heavy atom. The van der Waals surface area contributed by atoms with Crippen LogP contribution in [0.15, 0.2) is 78.9 Å². The average molecular weight is 364 g/mol. The van der Waals surface area contributed by atoms with Crippen LogP contribution in [-0.4, -0.2) is 28.6 Å². The Morgan fingerprint density at radius 1 is 0.750 bits per heavy atom. The van der Waals surface area contributed by atoms with Crippen LogP contribution in [0.5, 0.6) is 0 Å². The van der Waals surface area contributed by atoms with Gasteiger partial charge in [-0.05, 0) is 61.7 Å². The van der Waals surface area contributed by atoms with Gasteiger partial charge in [-0.3, -0.25) is 4.90 Å². The third-order valence-electron chi connectivity index (χ3n) is 6.82. The van der Waals surface area contributed by atoms with Gasteiger partial charge in [0.05, 0.1) is 11.0 Å². The van der Waals surface area contributed by atoms with Crippen LogP contribution in [0, 0.1) is 0 Å². The maximum Gasteiger partial charge on any atom is 0.0541 e. The van der Waals surface area contributed by atoms with Gasteiger partial charge in [0.25, 0.3) is 0 Å². The molecule has 1 aromatic heterocycles. The lowest BCUT2D eigenvalue weighted by Crippen LogP contribution is -2.34. The van der Waals surface area contributed by atoms with Gasteiger partial charge >= 0.3 is 0 Å². The van der Waals surface area contributed by atoms with E-state index in [-0.39, 0.29) is 0 Å². The zero-order valence-electron chi connectivity index (χ0n) is 16.2. The average Bonchev–Trinajstić information content (AvgIpc) is 3.15. The molecule has 4 aromatic rings. The topological polar surface area (TPSA) is 8.17 Å². The van der Waals surface area contributed by atoms with E-state index in [1.165, 1.54) is 57.9 Å². The van der Waals surface area contributed by atoms with Crippen molar-refractivity contribution in [1.82, 2.24) is 9.47 Å². The number of hydrogen-bond acceptors (Lipinski definition) is 1. The Bertz CT molecular complexity index is 1160. The van der Waals surface area contributed by atoms with Crippen LogP contribution in [-0.2, 0) is 0 Å². The van der Waals surface area contributed by atoms with Gasteiger partial charge in [-0.25, -0.2) is 0 Å². The van der Waals surface area contributed by atoms with Gasteiger partial charge in [0.15, 0.2) is 0 Å². The van der Waals surface area contributed by atoms with Crippen LogP contribution in [0.2, 0.25) is 0 Å². The van der Waals surface area contributed by atoms with E-state index in [2.05, 4.69) is 95.4 Å². The fourth-order valence-electron chi connectivity index (χ4n) is 5.28. The number of hydrogen-bond donors (Lipinski definition) is 0. The molecule has 0 saturated carbocycles. The first-order valence-electron chi connectivity index (χ1n) is 10.3. The Morgan fingerprint density at radius 2 is 1.39 bits per heavy atom. The molecule has 28 heavy (non-hydrogen) atoms. The molecule has 2 aliphatic rings. The molecule has 2 aliphatic heterocycles. The molecule has 2 heteroatoms. The maximum absolute atomic E-state index is 2.55. The molecule has 2 nitrogen and oxygen atoms in total. The minimum Gasteiger partial charge on any atom is -0.309 e. The van der Waals surface area contributed by atoms with E-state index in [0.29, 0.717) is 6.04 Å². The molecule has 138 valence electrons. The predicted octanol–water partition coefficient (Wildman–Crippen LogP) is 6.03. The Hall–Kier alpha value is -2.84. The van der Waals surface area contributed by atoms with E-state index in [9.17, 15) is 0 Å². The van der Waals surface area contributed by atoms with Crippen LogP contribution in [0.25, 0.3) is 33.1 Å². The second kappa shape index (κ2) is 6.08. The largest absolute Gasteiger partial charge is 0.309 e. The summed E-state index contributed by atoms with van der Waals surface area (Å²) in [6.45, 7) is 0. The molecule has 1 fully saturated rings. The van der Waals surface area contributed by atoms with Crippen molar-refractivity contribution in [2.24, 2.45) is 0 Å². The lowest BCUT2D eigenvalue weighted by atomic mass is 9.95. The van der Waals surface area contributed by atoms with Crippen LogP contribution in [0.1, 0.15) is 24.8 Å². The molecule has 3 aromatic carbocycles. The van der Waals surface area contributed by atoms with Crippen LogP contribution >= 0.6 is 0 Å². The quantitative estimate of drug-likeness (QED) is 0.421. The number of aromatic nitrogens is 1. The number of para-hydroxylation sites is 2. The van der Waals surface area contributed by atoms with E-state index in [1.54, 1.807) is 0 Å². The number of fused-ring (bicyclic) bond motifs is 5. The minimum absolute atomic E-state index is 0.630. The third-order valence-corrected chi connectivity index (χ3v) is 6.82. The van der Waals surface area contributed by atoms with Gasteiger partial charge in [-0.1, -0.05) is 54.6 Å². The maximum atomic E-state index is 2.55. The van der Waals surface area contributed by atoms with Crippen LogP contribution in [0.4, 0.5) is 0 Å². The Labute approximate surface area is 165 Å². The van der Waals surface area contributed by atoms with E-state index in [4.69, 9.17) is 0 Å². The summed E-state index contributed by atoms with van der Waals surface area (Å²) < 4.78 is 2.39. The zero-order valence-corrected chi connectivity index (χ0v) is 16.2. The summed E-state index contributed by atoms with van der Waals surface area (Å²) in [5.74, 6) is 0. The molecule has 3 heterocycles. The molecular weight excluding hydrogens is 340 g/mol. The molecule has 1 saturated heterocycles. The van der Waals surface area contributed by atoms with Crippen molar-refractivity contribution in [3.05, 3.63) is 84.4 Å². The number of nitrogens with zero attached hydrogens (tertiary/aromatic N) is 2. The van der Waals surface area contributed by atoms with Crippen molar-refractivity contribution < 1.29 is 0 Å². The van der Waals surface area contributed by atoms with Gasteiger partial charge in [0.2, 0.25) is 0 Å². The first-order valence-corrected chi connectivity index (χ1v) is 10.3. The second-order valence-electron chi connectivity index (χ2n) is 8.28. The number of benzene rings is 3. The molecule has 2 unspecified atom stereocenters. The Kier molecular flexibility index (Phi) is 3.51. The highest BCUT2D eigenvalue weighted by Gasteiger charge is 2.33. The van der Waals surface area contributed by atoms with Crippen molar-refractivity contribution in [3.8, 4) is 5.69 Å². The van der Waals surface area contributed by atoms with E-state index < -0.39 is 0 Å². The van der Waals surface area contributed by atoms with Crippen molar-refractivity contribution >= 4 is 27.4 Å². The highest BCUT2D eigenvalue weighted by molar-refractivity contribution is 6.09. The molecule has 0 spiro atoms. The van der Waals surface area contributed by atoms with Crippen molar-refractivity contribution in [2.75, 3.05) is 7.05 Å². The smallest absolute Gasteiger partial charge is 0.0541 e. The SMILES string of the molecule is CN1C2C=C(c3ccc(-n4c5ccccc5c5ccccc54)cc3)CC1CC2. The predicted molar refractivity (Wildman–Crippen MR) is 118 cm³/mol. The third kappa shape index (κ3) is 2.31. The fourth-order valence-corrected chi connectivity index (χ4v) is 5.28. The first kappa shape index (κ1) is 16.1. The van der Waals surface area contributed by atoms with Crippen molar-refractivity contribution in [3.63, 3.8) is 0 Å². The van der Waals surface area contributed by atoms with Crippen molar-refractivity contribution in [1.29, 1.82) is 0 Å². The summed E-state index contributed by atoms with van der Waals surface area (Å²) in [7, 11) is 2.28. The summed E-state index contributed by atoms with van der Waals surface area (Å²) in [6.07, 6.45) is 6.32. The van der Waals surface area contributed by atoms with E-state index in [0.717, 1.165) is 6.04 Å². The van der Waals surface area contributed by atoms with Gasteiger partial charge in [0.1, 0.15) is 0 Å². The van der Waals surface area contributed by atoms with Gasteiger partial charge in [0, 0.05) is 28.5 Å². The van der Waals surface area contributed by atoms with E-state index >= 15 is 0 Å². The lowest BCUT2D eigenvalue weighted by molar-refractivity contribution is 0.264. The lowest BCUT2D eigenvalue weighted by Gasteiger charge is -2.30. The van der Waals surface area contributed by atoms with Crippen molar-refractivity contribution in [2.45, 2.75) is 31.3 Å². The summed E-state index contributed by atoms with van der Waals surface area (Å²) in [6, 6.07) is 28.0. The summed E-state index contributed by atoms with van der Waals surface area (Å²) in [5.41, 5.74) is 6.69.